The summed E-state index contributed by atoms with van der Waals surface area (Å²) in [4.78, 5) is 3.13. The van der Waals surface area contributed by atoms with E-state index >= 15 is 0 Å². The lowest BCUT2D eigenvalue weighted by Gasteiger charge is -2.28. The molecule has 1 fully saturated rings. The Kier molecular flexibility index (Phi) is 4.24. The number of aromatic nitrogens is 2. The van der Waals surface area contributed by atoms with Gasteiger partial charge in [0.15, 0.2) is 4.77 Å². The summed E-state index contributed by atoms with van der Waals surface area (Å²) in [6.07, 6.45) is 6.91. The molecule has 0 aliphatic heterocycles. The third-order valence-corrected chi connectivity index (χ3v) is 6.15. The predicted molar refractivity (Wildman–Crippen MR) is 89.6 cm³/mol. The van der Waals surface area contributed by atoms with Crippen molar-refractivity contribution in [2.24, 2.45) is 0 Å². The third kappa shape index (κ3) is 2.57. The highest BCUT2D eigenvalue weighted by Gasteiger charge is 2.24. The van der Waals surface area contributed by atoms with Crippen LogP contribution in [0.5, 0.6) is 0 Å². The summed E-state index contributed by atoms with van der Waals surface area (Å²) in [6, 6.07) is 3.77. The average molecular weight is 375 g/mol. The van der Waals surface area contributed by atoms with Gasteiger partial charge in [-0.3, -0.25) is 0 Å². The van der Waals surface area contributed by atoms with Crippen LogP contribution < -0.4 is 0 Å². The van der Waals surface area contributed by atoms with Crippen LogP contribution in [0.1, 0.15) is 31.7 Å². The topological polar surface area (TPSA) is 20.7 Å². The Labute approximate surface area is 135 Å². The molecule has 0 radical (unpaired) electrons. The van der Waals surface area contributed by atoms with Gasteiger partial charge in [0.2, 0.25) is 0 Å². The predicted octanol–water partition coefficient (Wildman–Crippen LogP) is 5.45. The van der Waals surface area contributed by atoms with Crippen LogP contribution in [0.4, 0.5) is 4.39 Å². The summed E-state index contributed by atoms with van der Waals surface area (Å²) < 4.78 is 17.0. The number of imidazole rings is 1. The van der Waals surface area contributed by atoms with Crippen molar-refractivity contribution in [1.29, 1.82) is 0 Å². The molecule has 1 aliphatic rings. The molecule has 0 atom stereocenters. The van der Waals surface area contributed by atoms with Crippen LogP contribution in [0.25, 0.3) is 11.0 Å². The molecule has 0 saturated heterocycles. The Hall–Kier alpha value is -0.330. The minimum Gasteiger partial charge on any atom is -0.330 e. The van der Waals surface area contributed by atoms with Crippen molar-refractivity contribution in [2.75, 3.05) is 6.26 Å². The maximum atomic E-state index is 13.6. The molecule has 1 N–H and O–H groups in total. The van der Waals surface area contributed by atoms with E-state index in [2.05, 4.69) is 31.7 Å². The first-order valence-corrected chi connectivity index (χ1v) is 9.21. The number of benzene rings is 1. The van der Waals surface area contributed by atoms with E-state index in [1.165, 1.54) is 18.9 Å². The largest absolute Gasteiger partial charge is 0.330 e. The van der Waals surface area contributed by atoms with Crippen LogP contribution in [0, 0.1) is 10.6 Å². The average Bonchev–Trinajstić information content (AvgIpc) is 2.75. The number of fused-ring (bicyclic) bond motifs is 1. The first-order chi connectivity index (χ1) is 9.60. The van der Waals surface area contributed by atoms with Gasteiger partial charge < -0.3 is 9.55 Å². The molecule has 6 heteroatoms. The second-order valence-corrected chi connectivity index (χ2v) is 7.63. The summed E-state index contributed by atoms with van der Waals surface area (Å²) in [7, 11) is 0. The quantitative estimate of drug-likeness (QED) is 0.705. The van der Waals surface area contributed by atoms with Crippen molar-refractivity contribution >= 4 is 50.9 Å². The van der Waals surface area contributed by atoms with Crippen LogP contribution in [0.3, 0.4) is 0 Å². The highest BCUT2D eigenvalue weighted by atomic mass is 79.9. The van der Waals surface area contributed by atoms with Crippen LogP contribution in [0.2, 0.25) is 0 Å². The zero-order chi connectivity index (χ0) is 14.3. The molecule has 0 bridgehead atoms. The van der Waals surface area contributed by atoms with Gasteiger partial charge in [0.05, 0.1) is 15.5 Å². The Morgan fingerprint density at radius 3 is 2.70 bits per heavy atom. The van der Waals surface area contributed by atoms with E-state index in [-0.39, 0.29) is 5.82 Å². The van der Waals surface area contributed by atoms with Crippen molar-refractivity contribution in [3.63, 3.8) is 0 Å². The van der Waals surface area contributed by atoms with Gasteiger partial charge in [-0.15, -0.1) is 0 Å². The molecular formula is C14H16BrFN2S2. The maximum absolute atomic E-state index is 13.6. The number of thioether (sulfide) groups is 1. The van der Waals surface area contributed by atoms with Crippen molar-refractivity contribution in [1.82, 2.24) is 9.55 Å². The fraction of sp³-hybridized carbons (Fsp3) is 0.500. The van der Waals surface area contributed by atoms with E-state index in [4.69, 9.17) is 12.2 Å². The van der Waals surface area contributed by atoms with E-state index in [1.807, 2.05) is 17.8 Å². The molecule has 3 rings (SSSR count). The maximum Gasteiger partial charge on any atom is 0.178 e. The lowest BCUT2D eigenvalue weighted by molar-refractivity contribution is 0.364. The number of rotatable bonds is 2. The Morgan fingerprint density at radius 1 is 1.35 bits per heavy atom. The van der Waals surface area contributed by atoms with Crippen molar-refractivity contribution in [2.45, 2.75) is 37.0 Å². The van der Waals surface area contributed by atoms with Crippen LogP contribution in [-0.4, -0.2) is 21.1 Å². The van der Waals surface area contributed by atoms with Crippen molar-refractivity contribution in [3.8, 4) is 0 Å². The Bertz CT molecular complexity index is 686. The molecule has 2 nitrogen and oxygen atoms in total. The number of halogens is 2. The highest BCUT2D eigenvalue weighted by Crippen LogP contribution is 2.36. The van der Waals surface area contributed by atoms with E-state index < -0.39 is 0 Å². The summed E-state index contributed by atoms with van der Waals surface area (Å²) in [5.41, 5.74) is 1.78. The summed E-state index contributed by atoms with van der Waals surface area (Å²) in [6.45, 7) is 0. The van der Waals surface area contributed by atoms with Gasteiger partial charge in [0, 0.05) is 17.4 Å². The second-order valence-electron chi connectivity index (χ2n) is 5.25. The number of nitrogens with one attached hydrogen (secondary N) is 1. The van der Waals surface area contributed by atoms with E-state index in [0.717, 1.165) is 29.1 Å². The molecule has 108 valence electrons. The monoisotopic (exact) mass is 374 g/mol. The van der Waals surface area contributed by atoms with Crippen LogP contribution in [-0.2, 0) is 0 Å². The number of nitrogens with zero attached hydrogens (tertiary/aromatic N) is 1. The Morgan fingerprint density at radius 2 is 2.05 bits per heavy atom. The lowest BCUT2D eigenvalue weighted by atomic mass is 9.94. The molecule has 0 spiro atoms. The SMILES string of the molecule is CSC1CCC(n2c(=S)[nH]c3cc(F)c(Br)cc32)CC1. The van der Waals surface area contributed by atoms with Crippen molar-refractivity contribution in [3.05, 3.63) is 27.2 Å². The van der Waals surface area contributed by atoms with Gasteiger partial charge in [0.25, 0.3) is 0 Å². The van der Waals surface area contributed by atoms with Gasteiger partial charge in [-0.25, -0.2) is 4.39 Å². The minimum absolute atomic E-state index is 0.257. The summed E-state index contributed by atoms with van der Waals surface area (Å²) >= 11 is 10.7. The highest BCUT2D eigenvalue weighted by molar-refractivity contribution is 9.10. The first kappa shape index (κ1) is 14.6. The molecule has 0 unspecified atom stereocenters. The molecule has 1 heterocycles. The molecule has 1 aromatic heterocycles. The van der Waals surface area contributed by atoms with E-state index in [0.29, 0.717) is 15.3 Å². The zero-order valence-corrected chi connectivity index (χ0v) is 14.4. The summed E-state index contributed by atoms with van der Waals surface area (Å²) in [5.74, 6) is -0.257. The van der Waals surface area contributed by atoms with Gasteiger partial charge in [-0.2, -0.15) is 11.8 Å². The molecule has 1 aromatic carbocycles. The normalized spacial score (nSPS) is 23.4. The fourth-order valence-electron chi connectivity index (χ4n) is 3.02. The molecule has 2 aromatic rings. The van der Waals surface area contributed by atoms with Gasteiger partial charge in [0.1, 0.15) is 5.82 Å². The lowest BCUT2D eigenvalue weighted by Crippen LogP contribution is -2.19. The number of hydrogen-bond acceptors (Lipinski definition) is 2. The third-order valence-electron chi connectivity index (χ3n) is 4.10. The molecule has 0 amide bonds. The number of H-pyrrole nitrogens is 1. The Balaban J connectivity index is 2.01. The van der Waals surface area contributed by atoms with Crippen molar-refractivity contribution < 1.29 is 4.39 Å². The van der Waals surface area contributed by atoms with E-state index in [9.17, 15) is 4.39 Å². The molecular weight excluding hydrogens is 359 g/mol. The smallest absolute Gasteiger partial charge is 0.178 e. The standard InChI is InChI=1S/C14H16BrFN2S2/c1-20-9-4-2-8(3-5-9)18-13-6-10(15)11(16)7-12(13)17-14(18)19/h6-9H,2-5H2,1H3,(H,17,19). The molecule has 20 heavy (non-hydrogen) atoms. The number of hydrogen-bond donors (Lipinski definition) is 1. The molecule has 1 saturated carbocycles. The zero-order valence-electron chi connectivity index (χ0n) is 11.2. The number of aromatic amines is 1. The van der Waals surface area contributed by atoms with Crippen LogP contribution >= 0.6 is 39.9 Å². The minimum atomic E-state index is -0.257. The van der Waals surface area contributed by atoms with Gasteiger partial charge in [-0.1, -0.05) is 0 Å². The van der Waals surface area contributed by atoms with Gasteiger partial charge in [-0.05, 0) is 66.2 Å². The fourth-order valence-corrected chi connectivity index (χ4v) is 4.45. The first-order valence-electron chi connectivity index (χ1n) is 6.72. The summed E-state index contributed by atoms with van der Waals surface area (Å²) in [5, 5.41) is 0.773. The second kappa shape index (κ2) is 5.81. The molecule has 1 aliphatic carbocycles. The van der Waals surface area contributed by atoms with E-state index in [1.54, 1.807) is 0 Å². The van der Waals surface area contributed by atoms with Gasteiger partial charge >= 0.3 is 0 Å². The van der Waals surface area contributed by atoms with Crippen LogP contribution in [0.15, 0.2) is 16.6 Å².